The standard InChI is InChI=1S/C22H24Cl2N4O2/c1-14-7-9-18(12-19(14)24)26-20-10-8-16(23)11-15(20)13-25-28-22(30)21(29)27-17-5-3-2-4-6-17/h7-13,17,26H,2-6H2,1H3,(H,27,29)(H,28,30)/b25-13-. The molecule has 0 radical (unpaired) electrons. The van der Waals surface area contributed by atoms with E-state index in [0.717, 1.165) is 42.6 Å². The van der Waals surface area contributed by atoms with Crippen molar-refractivity contribution in [1.29, 1.82) is 0 Å². The number of hydrogen-bond donors (Lipinski definition) is 3. The third kappa shape index (κ3) is 6.21. The van der Waals surface area contributed by atoms with E-state index in [1.165, 1.54) is 12.6 Å². The predicted molar refractivity (Wildman–Crippen MR) is 122 cm³/mol. The van der Waals surface area contributed by atoms with E-state index in [1.54, 1.807) is 18.2 Å². The van der Waals surface area contributed by atoms with Crippen molar-refractivity contribution in [3.8, 4) is 0 Å². The number of carbonyl (C=O) groups is 2. The van der Waals surface area contributed by atoms with E-state index < -0.39 is 11.8 Å². The van der Waals surface area contributed by atoms with Crippen molar-refractivity contribution >= 4 is 52.6 Å². The van der Waals surface area contributed by atoms with E-state index in [4.69, 9.17) is 23.2 Å². The largest absolute Gasteiger partial charge is 0.355 e. The minimum absolute atomic E-state index is 0.0612. The summed E-state index contributed by atoms with van der Waals surface area (Å²) in [5.74, 6) is -1.46. The van der Waals surface area contributed by atoms with E-state index in [9.17, 15) is 9.59 Å². The average Bonchev–Trinajstić information content (AvgIpc) is 2.73. The molecule has 1 aliphatic carbocycles. The van der Waals surface area contributed by atoms with Gasteiger partial charge in [0, 0.05) is 33.0 Å². The molecule has 0 unspecified atom stereocenters. The first kappa shape index (κ1) is 22.1. The number of benzene rings is 2. The summed E-state index contributed by atoms with van der Waals surface area (Å²) in [5, 5.41) is 11.1. The molecule has 1 aliphatic rings. The molecular weight excluding hydrogens is 423 g/mol. The first-order valence-electron chi connectivity index (χ1n) is 9.89. The van der Waals surface area contributed by atoms with Gasteiger partial charge in [-0.15, -0.1) is 0 Å². The number of aryl methyl sites for hydroxylation is 1. The van der Waals surface area contributed by atoms with Gasteiger partial charge >= 0.3 is 11.8 Å². The number of hydrogen-bond acceptors (Lipinski definition) is 4. The molecule has 1 saturated carbocycles. The molecule has 0 atom stereocenters. The van der Waals surface area contributed by atoms with Crippen LogP contribution >= 0.6 is 23.2 Å². The van der Waals surface area contributed by atoms with Gasteiger partial charge in [0.05, 0.1) is 6.21 Å². The maximum atomic E-state index is 12.0. The van der Waals surface area contributed by atoms with Crippen molar-refractivity contribution in [3.05, 3.63) is 57.6 Å². The molecule has 3 N–H and O–H groups in total. The Morgan fingerprint density at radius 3 is 2.53 bits per heavy atom. The summed E-state index contributed by atoms with van der Waals surface area (Å²) >= 11 is 12.3. The molecule has 3 rings (SSSR count). The first-order chi connectivity index (χ1) is 14.4. The lowest BCUT2D eigenvalue weighted by atomic mass is 9.95. The van der Waals surface area contributed by atoms with Gasteiger partial charge in [-0.1, -0.05) is 48.5 Å². The fraction of sp³-hybridized carbons (Fsp3) is 0.318. The van der Waals surface area contributed by atoms with Gasteiger partial charge in [0.25, 0.3) is 0 Å². The van der Waals surface area contributed by atoms with Crippen LogP contribution in [-0.4, -0.2) is 24.1 Å². The molecule has 158 valence electrons. The van der Waals surface area contributed by atoms with E-state index in [-0.39, 0.29) is 6.04 Å². The molecule has 0 aromatic heterocycles. The Kier molecular flexibility index (Phi) is 7.71. The Balaban J connectivity index is 1.64. The van der Waals surface area contributed by atoms with Crippen LogP contribution < -0.4 is 16.1 Å². The summed E-state index contributed by atoms with van der Waals surface area (Å²) in [6.45, 7) is 1.93. The highest BCUT2D eigenvalue weighted by Crippen LogP contribution is 2.26. The van der Waals surface area contributed by atoms with Crippen molar-refractivity contribution in [2.24, 2.45) is 5.10 Å². The number of nitrogens with zero attached hydrogens (tertiary/aromatic N) is 1. The quantitative estimate of drug-likeness (QED) is 0.345. The normalized spacial score (nSPS) is 14.5. The van der Waals surface area contributed by atoms with Crippen LogP contribution in [0.1, 0.15) is 43.2 Å². The smallest absolute Gasteiger partial charge is 0.329 e. The molecule has 0 aliphatic heterocycles. The van der Waals surface area contributed by atoms with E-state index in [2.05, 4.69) is 21.2 Å². The van der Waals surface area contributed by atoms with Gasteiger partial charge in [0.1, 0.15) is 0 Å². The monoisotopic (exact) mass is 446 g/mol. The van der Waals surface area contributed by atoms with Gasteiger partial charge in [0.15, 0.2) is 0 Å². The van der Waals surface area contributed by atoms with Crippen LogP contribution in [0.25, 0.3) is 0 Å². The number of hydrazone groups is 1. The number of amides is 2. The zero-order valence-electron chi connectivity index (χ0n) is 16.7. The minimum atomic E-state index is -0.793. The SMILES string of the molecule is Cc1ccc(Nc2ccc(Cl)cc2/C=N\NC(=O)C(=O)NC2CCCCC2)cc1Cl. The zero-order chi connectivity index (χ0) is 21.5. The van der Waals surface area contributed by atoms with Crippen molar-refractivity contribution in [1.82, 2.24) is 10.7 Å². The van der Waals surface area contributed by atoms with E-state index >= 15 is 0 Å². The summed E-state index contributed by atoms with van der Waals surface area (Å²) < 4.78 is 0. The topological polar surface area (TPSA) is 82.6 Å². The van der Waals surface area contributed by atoms with Gasteiger partial charge in [-0.2, -0.15) is 5.10 Å². The van der Waals surface area contributed by atoms with E-state index in [0.29, 0.717) is 15.6 Å². The molecule has 2 amide bonds. The molecule has 2 aromatic carbocycles. The van der Waals surface area contributed by atoms with Crippen LogP contribution in [0.4, 0.5) is 11.4 Å². The van der Waals surface area contributed by atoms with Crippen molar-refractivity contribution < 1.29 is 9.59 Å². The molecule has 6 nitrogen and oxygen atoms in total. The molecular formula is C22H24Cl2N4O2. The lowest BCUT2D eigenvalue weighted by Gasteiger charge is -2.22. The first-order valence-corrected chi connectivity index (χ1v) is 10.6. The van der Waals surface area contributed by atoms with E-state index in [1.807, 2.05) is 25.1 Å². The Morgan fingerprint density at radius 2 is 1.80 bits per heavy atom. The molecule has 30 heavy (non-hydrogen) atoms. The highest BCUT2D eigenvalue weighted by Gasteiger charge is 2.20. The lowest BCUT2D eigenvalue weighted by Crippen LogP contribution is -2.44. The van der Waals surface area contributed by atoms with Gasteiger partial charge in [-0.25, -0.2) is 5.43 Å². The van der Waals surface area contributed by atoms with Crippen LogP contribution in [0, 0.1) is 6.92 Å². The lowest BCUT2D eigenvalue weighted by molar-refractivity contribution is -0.139. The van der Waals surface area contributed by atoms with Crippen LogP contribution in [0.5, 0.6) is 0 Å². The highest BCUT2D eigenvalue weighted by atomic mass is 35.5. The molecule has 0 bridgehead atoms. The molecule has 0 heterocycles. The maximum absolute atomic E-state index is 12.0. The number of halogens is 2. The van der Waals surface area contributed by atoms with Gasteiger partial charge in [0.2, 0.25) is 0 Å². The Morgan fingerprint density at radius 1 is 1.03 bits per heavy atom. The summed E-state index contributed by atoms with van der Waals surface area (Å²) in [6.07, 6.45) is 6.57. The van der Waals surface area contributed by atoms with Gasteiger partial charge < -0.3 is 10.6 Å². The van der Waals surface area contributed by atoms with Crippen molar-refractivity contribution in [3.63, 3.8) is 0 Å². The second-order valence-electron chi connectivity index (χ2n) is 7.33. The highest BCUT2D eigenvalue weighted by molar-refractivity contribution is 6.35. The van der Waals surface area contributed by atoms with Crippen LogP contribution in [0.2, 0.25) is 10.0 Å². The number of rotatable bonds is 5. The van der Waals surface area contributed by atoms with Crippen LogP contribution in [0.3, 0.4) is 0 Å². The number of nitrogens with one attached hydrogen (secondary N) is 3. The third-order valence-corrected chi connectivity index (χ3v) is 5.62. The minimum Gasteiger partial charge on any atom is -0.355 e. The van der Waals surface area contributed by atoms with Gasteiger partial charge in [-0.05, 0) is 55.7 Å². The molecule has 8 heteroatoms. The second kappa shape index (κ2) is 10.5. The molecule has 1 fully saturated rings. The zero-order valence-corrected chi connectivity index (χ0v) is 18.2. The summed E-state index contributed by atoms with van der Waals surface area (Å²) in [6, 6.07) is 11.0. The predicted octanol–water partition coefficient (Wildman–Crippen LogP) is 4.94. The Bertz CT molecular complexity index is 956. The Hall–Kier alpha value is -2.57. The summed E-state index contributed by atoms with van der Waals surface area (Å²) in [7, 11) is 0. The summed E-state index contributed by atoms with van der Waals surface area (Å²) in [4.78, 5) is 24.1. The number of carbonyl (C=O) groups excluding carboxylic acids is 2. The third-order valence-electron chi connectivity index (χ3n) is 4.98. The van der Waals surface area contributed by atoms with Crippen LogP contribution in [-0.2, 0) is 9.59 Å². The fourth-order valence-electron chi connectivity index (χ4n) is 3.29. The molecule has 0 spiro atoms. The van der Waals surface area contributed by atoms with Crippen LogP contribution in [0.15, 0.2) is 41.5 Å². The van der Waals surface area contributed by atoms with Crippen molar-refractivity contribution in [2.75, 3.05) is 5.32 Å². The molecule has 2 aromatic rings. The van der Waals surface area contributed by atoms with Crippen molar-refractivity contribution in [2.45, 2.75) is 45.1 Å². The Labute approximate surface area is 186 Å². The average molecular weight is 447 g/mol. The number of anilines is 2. The van der Waals surface area contributed by atoms with Gasteiger partial charge in [-0.3, -0.25) is 9.59 Å². The summed E-state index contributed by atoms with van der Waals surface area (Å²) in [5.41, 5.74) is 5.43. The second-order valence-corrected chi connectivity index (χ2v) is 8.17. The molecule has 0 saturated heterocycles. The fourth-order valence-corrected chi connectivity index (χ4v) is 3.65. The maximum Gasteiger partial charge on any atom is 0.329 e.